The zero-order valence-electron chi connectivity index (χ0n) is 14.1. The first-order valence-electron chi connectivity index (χ1n) is 8.32. The van der Waals surface area contributed by atoms with Crippen LogP contribution < -0.4 is 0 Å². The van der Waals surface area contributed by atoms with E-state index >= 15 is 0 Å². The number of carbonyl (C=O) groups excluding carboxylic acids is 1. The van der Waals surface area contributed by atoms with Gasteiger partial charge in [0.2, 0.25) is 0 Å². The van der Waals surface area contributed by atoms with Crippen LogP contribution in [0.25, 0.3) is 5.57 Å². The Morgan fingerprint density at radius 1 is 0.654 bits per heavy atom. The highest BCUT2D eigenvalue weighted by Crippen LogP contribution is 2.25. The first-order chi connectivity index (χ1) is 12.7. The molecule has 0 aromatic heterocycles. The first-order valence-corrected chi connectivity index (χ1v) is 8.32. The number of aliphatic carboxylic acids is 1. The third kappa shape index (κ3) is 3.95. The van der Waals surface area contributed by atoms with E-state index in [0.29, 0.717) is 11.1 Å². The van der Waals surface area contributed by atoms with Crippen LogP contribution in [0.1, 0.15) is 21.5 Å². The van der Waals surface area contributed by atoms with Crippen LogP contribution in [0, 0.1) is 0 Å². The molecule has 0 spiro atoms. The second-order valence-corrected chi connectivity index (χ2v) is 5.88. The number of allylic oxidation sites excluding steroid dienone is 1. The largest absolute Gasteiger partial charge is 0.478 e. The number of hydrogen-bond acceptors (Lipinski definition) is 2. The molecule has 3 nitrogen and oxygen atoms in total. The summed E-state index contributed by atoms with van der Waals surface area (Å²) in [5.74, 6) is -1.37. The van der Waals surface area contributed by atoms with Crippen molar-refractivity contribution in [3.63, 3.8) is 0 Å². The van der Waals surface area contributed by atoms with Gasteiger partial charge in [0.1, 0.15) is 0 Å². The second-order valence-electron chi connectivity index (χ2n) is 5.88. The van der Waals surface area contributed by atoms with E-state index in [1.165, 1.54) is 0 Å². The third-order valence-electron chi connectivity index (χ3n) is 4.11. The van der Waals surface area contributed by atoms with Gasteiger partial charge in [-0.2, -0.15) is 0 Å². The highest BCUT2D eigenvalue weighted by Gasteiger charge is 2.23. The molecule has 0 fully saturated rings. The Morgan fingerprint density at radius 2 is 1.12 bits per heavy atom. The van der Waals surface area contributed by atoms with Crippen molar-refractivity contribution in [1.82, 2.24) is 0 Å². The lowest BCUT2D eigenvalue weighted by atomic mass is 9.89. The zero-order chi connectivity index (χ0) is 18.4. The van der Waals surface area contributed by atoms with E-state index in [-0.39, 0.29) is 23.4 Å². The molecule has 1 N–H and O–H groups in total. The van der Waals surface area contributed by atoms with Gasteiger partial charge in [-0.1, -0.05) is 91.0 Å². The van der Waals surface area contributed by atoms with Gasteiger partial charge in [0.15, 0.2) is 5.78 Å². The van der Waals surface area contributed by atoms with Gasteiger partial charge < -0.3 is 5.11 Å². The summed E-state index contributed by atoms with van der Waals surface area (Å²) in [6.07, 6.45) is 0.255. The molecular formula is C23H18O3. The van der Waals surface area contributed by atoms with E-state index in [4.69, 9.17) is 0 Å². The van der Waals surface area contributed by atoms with Crippen LogP contribution in [-0.2, 0) is 11.2 Å². The maximum atomic E-state index is 13.1. The Kier molecular flexibility index (Phi) is 5.40. The van der Waals surface area contributed by atoms with E-state index in [1.807, 2.05) is 42.5 Å². The fourth-order valence-corrected chi connectivity index (χ4v) is 2.88. The number of benzene rings is 3. The van der Waals surface area contributed by atoms with Crippen molar-refractivity contribution in [2.24, 2.45) is 0 Å². The van der Waals surface area contributed by atoms with E-state index in [1.54, 1.807) is 48.5 Å². The van der Waals surface area contributed by atoms with E-state index < -0.39 is 5.97 Å². The molecule has 0 saturated carbocycles. The molecule has 3 aromatic rings. The molecule has 3 heteroatoms. The number of carbonyl (C=O) groups is 2. The summed E-state index contributed by atoms with van der Waals surface area (Å²) in [6, 6.07) is 27.0. The van der Waals surface area contributed by atoms with Crippen LogP contribution in [0.4, 0.5) is 0 Å². The highest BCUT2D eigenvalue weighted by molar-refractivity contribution is 6.26. The third-order valence-corrected chi connectivity index (χ3v) is 4.11. The molecule has 0 unspecified atom stereocenters. The minimum Gasteiger partial charge on any atom is -0.478 e. The summed E-state index contributed by atoms with van der Waals surface area (Å²) >= 11 is 0. The monoisotopic (exact) mass is 342 g/mol. The molecule has 3 rings (SSSR count). The van der Waals surface area contributed by atoms with Crippen LogP contribution in [-0.4, -0.2) is 16.9 Å². The normalized spacial score (nSPS) is 11.5. The molecule has 0 bridgehead atoms. The summed E-state index contributed by atoms with van der Waals surface area (Å²) in [7, 11) is 0. The average Bonchev–Trinajstić information content (AvgIpc) is 2.69. The smallest absolute Gasteiger partial charge is 0.336 e. The lowest BCUT2D eigenvalue weighted by Crippen LogP contribution is -2.14. The van der Waals surface area contributed by atoms with Crippen LogP contribution in [0.2, 0.25) is 0 Å². The van der Waals surface area contributed by atoms with Crippen LogP contribution in [0.3, 0.4) is 0 Å². The minimum absolute atomic E-state index is 0.0447. The number of hydrogen-bond donors (Lipinski definition) is 1. The maximum absolute atomic E-state index is 13.1. The predicted molar refractivity (Wildman–Crippen MR) is 102 cm³/mol. The van der Waals surface area contributed by atoms with Crippen LogP contribution in [0.5, 0.6) is 0 Å². The molecule has 0 atom stereocenters. The summed E-state index contributed by atoms with van der Waals surface area (Å²) in [5.41, 5.74) is 2.22. The molecule has 0 aliphatic rings. The van der Waals surface area contributed by atoms with Crippen molar-refractivity contribution in [3.8, 4) is 0 Å². The zero-order valence-corrected chi connectivity index (χ0v) is 14.1. The topological polar surface area (TPSA) is 54.4 Å². The molecule has 0 amide bonds. The fraction of sp³-hybridized carbons (Fsp3) is 0.0435. The molecule has 0 heterocycles. The SMILES string of the molecule is O=C(O)/C(=C(/Cc1ccccc1)C(=O)c1ccccc1)c1ccccc1. The van der Waals surface area contributed by atoms with E-state index in [2.05, 4.69) is 0 Å². The Balaban J connectivity index is 2.18. The quantitative estimate of drug-likeness (QED) is 0.524. The van der Waals surface area contributed by atoms with Crippen LogP contribution >= 0.6 is 0 Å². The molecular weight excluding hydrogens is 324 g/mol. The predicted octanol–water partition coefficient (Wildman–Crippen LogP) is 4.65. The van der Waals surface area contributed by atoms with Crippen molar-refractivity contribution in [2.45, 2.75) is 6.42 Å². The van der Waals surface area contributed by atoms with Gasteiger partial charge in [-0.25, -0.2) is 4.79 Å². The van der Waals surface area contributed by atoms with Crippen molar-refractivity contribution in [3.05, 3.63) is 113 Å². The van der Waals surface area contributed by atoms with Gasteiger partial charge in [0.25, 0.3) is 0 Å². The summed E-state index contributed by atoms with van der Waals surface area (Å²) < 4.78 is 0. The number of Topliss-reactive ketones (excluding diaryl/α,β-unsaturated/α-hetero) is 1. The van der Waals surface area contributed by atoms with E-state index in [9.17, 15) is 14.7 Å². The Bertz CT molecular complexity index is 927. The maximum Gasteiger partial charge on any atom is 0.336 e. The van der Waals surface area contributed by atoms with Crippen molar-refractivity contribution < 1.29 is 14.7 Å². The number of rotatable bonds is 6. The van der Waals surface area contributed by atoms with Crippen molar-refractivity contribution >= 4 is 17.3 Å². The number of ketones is 1. The fourth-order valence-electron chi connectivity index (χ4n) is 2.88. The van der Waals surface area contributed by atoms with Crippen LogP contribution in [0.15, 0.2) is 96.6 Å². The van der Waals surface area contributed by atoms with Gasteiger partial charge in [-0.05, 0) is 11.1 Å². The van der Waals surface area contributed by atoms with Gasteiger partial charge in [-0.3, -0.25) is 4.79 Å². The molecule has 0 radical (unpaired) electrons. The van der Waals surface area contributed by atoms with Gasteiger partial charge in [0, 0.05) is 17.6 Å². The minimum atomic E-state index is -1.11. The molecule has 0 aliphatic carbocycles. The molecule has 128 valence electrons. The second kappa shape index (κ2) is 8.08. The lowest BCUT2D eigenvalue weighted by Gasteiger charge is -2.13. The number of carboxylic acid groups (broad SMARTS) is 1. The summed E-state index contributed by atoms with van der Waals surface area (Å²) in [4.78, 5) is 25.2. The van der Waals surface area contributed by atoms with Gasteiger partial charge in [0.05, 0.1) is 5.57 Å². The molecule has 0 saturated heterocycles. The standard InChI is InChI=1S/C23H18O3/c24-22(19-14-8-3-9-15-19)20(16-17-10-4-1-5-11-17)21(23(25)26)18-12-6-2-7-13-18/h1-15H,16H2,(H,25,26)/b21-20-. The Morgan fingerprint density at radius 3 is 1.62 bits per heavy atom. The Labute approximate surface area is 152 Å². The summed E-state index contributed by atoms with van der Waals surface area (Å²) in [5, 5.41) is 9.86. The highest BCUT2D eigenvalue weighted by atomic mass is 16.4. The van der Waals surface area contributed by atoms with Gasteiger partial charge in [-0.15, -0.1) is 0 Å². The number of carboxylic acids is 1. The van der Waals surface area contributed by atoms with E-state index in [0.717, 1.165) is 5.56 Å². The lowest BCUT2D eigenvalue weighted by molar-refractivity contribution is -0.130. The first kappa shape index (κ1) is 17.4. The van der Waals surface area contributed by atoms with Crippen molar-refractivity contribution in [2.75, 3.05) is 0 Å². The Hall–Kier alpha value is -3.46. The summed E-state index contributed by atoms with van der Waals surface area (Å²) in [6.45, 7) is 0. The molecule has 0 aliphatic heterocycles. The van der Waals surface area contributed by atoms with Gasteiger partial charge >= 0.3 is 5.97 Å². The molecule has 3 aromatic carbocycles. The average molecular weight is 342 g/mol. The molecule has 26 heavy (non-hydrogen) atoms. The van der Waals surface area contributed by atoms with Crippen molar-refractivity contribution in [1.29, 1.82) is 0 Å².